The number of hydrogen-bond acceptors (Lipinski definition) is 3. The monoisotopic (exact) mass is 394 g/mol. The van der Waals surface area contributed by atoms with Crippen LogP contribution in [0.5, 0.6) is 5.75 Å². The summed E-state index contributed by atoms with van der Waals surface area (Å²) in [5.74, 6) is 1.17. The van der Waals surface area contributed by atoms with Gasteiger partial charge in [0.25, 0.3) is 0 Å². The molecule has 5 heteroatoms. The summed E-state index contributed by atoms with van der Waals surface area (Å²) in [6, 6.07) is 15.6. The van der Waals surface area contributed by atoms with Crippen LogP contribution in [0.1, 0.15) is 49.7 Å². The quantitative estimate of drug-likeness (QED) is 0.723. The molecule has 0 bridgehead atoms. The number of rotatable bonds is 8. The minimum absolute atomic E-state index is 0.00900. The van der Waals surface area contributed by atoms with Crippen LogP contribution in [0.4, 0.5) is 5.69 Å². The first kappa shape index (κ1) is 20.9. The molecule has 0 spiro atoms. The molecule has 2 aromatic rings. The Morgan fingerprint density at radius 3 is 2.31 bits per heavy atom. The summed E-state index contributed by atoms with van der Waals surface area (Å²) >= 11 is 0. The molecule has 1 fully saturated rings. The predicted molar refractivity (Wildman–Crippen MR) is 115 cm³/mol. The summed E-state index contributed by atoms with van der Waals surface area (Å²) in [7, 11) is 1.64. The Bertz CT molecular complexity index is 809. The number of carbonyl (C=O) groups excluding carboxylic acids is 2. The summed E-state index contributed by atoms with van der Waals surface area (Å²) in [6.07, 6.45) is 3.94. The Morgan fingerprint density at radius 2 is 1.69 bits per heavy atom. The van der Waals surface area contributed by atoms with Crippen LogP contribution in [-0.2, 0) is 16.0 Å². The number of anilines is 1. The number of benzene rings is 2. The highest BCUT2D eigenvalue weighted by Gasteiger charge is 2.17. The molecule has 0 saturated carbocycles. The first-order chi connectivity index (χ1) is 14.0. The number of methoxy groups -OCH3 is 1. The first-order valence-electron chi connectivity index (χ1n) is 10.4. The number of likely N-dealkylation sites (tertiary alicyclic amines) is 1. The maximum absolute atomic E-state index is 12.4. The summed E-state index contributed by atoms with van der Waals surface area (Å²) in [5, 5.41) is 2.96. The smallest absolute Gasteiger partial charge is 0.224 e. The molecule has 0 radical (unpaired) electrons. The van der Waals surface area contributed by atoms with E-state index in [0.29, 0.717) is 12.8 Å². The van der Waals surface area contributed by atoms with Gasteiger partial charge in [0.05, 0.1) is 7.11 Å². The summed E-state index contributed by atoms with van der Waals surface area (Å²) in [6.45, 7) is 3.85. The van der Waals surface area contributed by atoms with Crippen molar-refractivity contribution in [3.05, 3.63) is 59.7 Å². The SMILES string of the molecule is COc1ccc(C(C)CC(=O)Nc2ccc(CCC(=O)N3CCCC3)cc2)cc1. The topological polar surface area (TPSA) is 58.6 Å². The van der Waals surface area contributed by atoms with E-state index in [0.717, 1.165) is 54.9 Å². The second-order valence-corrected chi connectivity index (χ2v) is 7.71. The van der Waals surface area contributed by atoms with Gasteiger partial charge in [-0.15, -0.1) is 0 Å². The number of nitrogens with zero attached hydrogens (tertiary/aromatic N) is 1. The lowest BCUT2D eigenvalue weighted by atomic mass is 9.97. The van der Waals surface area contributed by atoms with Gasteiger partial charge in [-0.1, -0.05) is 31.2 Å². The fraction of sp³-hybridized carbons (Fsp3) is 0.417. The number of amides is 2. The van der Waals surface area contributed by atoms with Gasteiger partial charge < -0.3 is 15.0 Å². The van der Waals surface area contributed by atoms with Crippen molar-refractivity contribution in [3.8, 4) is 5.75 Å². The van der Waals surface area contributed by atoms with E-state index in [4.69, 9.17) is 4.74 Å². The van der Waals surface area contributed by atoms with Gasteiger partial charge in [-0.2, -0.15) is 0 Å². The molecular formula is C24H30N2O3. The molecule has 0 aromatic heterocycles. The molecule has 1 unspecified atom stereocenters. The maximum Gasteiger partial charge on any atom is 0.224 e. The number of aryl methyl sites for hydroxylation is 1. The van der Waals surface area contributed by atoms with Crippen LogP contribution in [0, 0.1) is 0 Å². The van der Waals surface area contributed by atoms with Gasteiger partial charge in [-0.05, 0) is 60.6 Å². The number of hydrogen-bond donors (Lipinski definition) is 1. The van der Waals surface area contributed by atoms with Gasteiger partial charge >= 0.3 is 0 Å². The van der Waals surface area contributed by atoms with Crippen LogP contribution in [0.3, 0.4) is 0 Å². The lowest BCUT2D eigenvalue weighted by Crippen LogP contribution is -2.27. The average molecular weight is 395 g/mol. The standard InChI is InChI=1S/C24H30N2O3/c1-18(20-8-12-22(29-2)13-9-20)17-23(27)25-21-10-5-19(6-11-21)7-14-24(28)26-15-3-4-16-26/h5-6,8-13,18H,3-4,7,14-17H2,1-2H3,(H,25,27). The van der Waals surface area contributed by atoms with Crippen molar-refractivity contribution in [2.75, 3.05) is 25.5 Å². The maximum atomic E-state index is 12.4. The zero-order chi connectivity index (χ0) is 20.6. The van der Waals surface area contributed by atoms with Crippen LogP contribution in [0.25, 0.3) is 0 Å². The minimum atomic E-state index is -0.00900. The van der Waals surface area contributed by atoms with Crippen molar-refractivity contribution in [3.63, 3.8) is 0 Å². The summed E-state index contributed by atoms with van der Waals surface area (Å²) in [4.78, 5) is 26.5. The van der Waals surface area contributed by atoms with Crippen molar-refractivity contribution in [2.45, 2.75) is 44.9 Å². The number of ether oxygens (including phenoxy) is 1. The Hall–Kier alpha value is -2.82. The molecule has 1 N–H and O–H groups in total. The van der Waals surface area contributed by atoms with Crippen molar-refractivity contribution in [1.82, 2.24) is 4.90 Å². The lowest BCUT2D eigenvalue weighted by molar-refractivity contribution is -0.130. The highest BCUT2D eigenvalue weighted by atomic mass is 16.5. The van der Waals surface area contributed by atoms with Gasteiger partial charge in [-0.25, -0.2) is 0 Å². The molecule has 2 aromatic carbocycles. The van der Waals surface area contributed by atoms with E-state index in [-0.39, 0.29) is 17.7 Å². The Kier molecular flexibility index (Phi) is 7.28. The average Bonchev–Trinajstić information content (AvgIpc) is 3.28. The van der Waals surface area contributed by atoms with E-state index in [1.807, 2.05) is 60.4 Å². The fourth-order valence-electron chi connectivity index (χ4n) is 3.67. The van der Waals surface area contributed by atoms with Crippen LogP contribution in [-0.4, -0.2) is 36.9 Å². The molecule has 29 heavy (non-hydrogen) atoms. The van der Waals surface area contributed by atoms with Crippen LogP contribution in [0.15, 0.2) is 48.5 Å². The van der Waals surface area contributed by atoms with E-state index < -0.39 is 0 Å². The van der Waals surface area contributed by atoms with E-state index in [1.165, 1.54) is 0 Å². The Morgan fingerprint density at radius 1 is 1.03 bits per heavy atom. The molecule has 1 aliphatic heterocycles. The number of carbonyl (C=O) groups is 2. The Balaban J connectivity index is 1.45. The third-order valence-corrected chi connectivity index (χ3v) is 5.50. The lowest BCUT2D eigenvalue weighted by Gasteiger charge is -2.15. The fourth-order valence-corrected chi connectivity index (χ4v) is 3.67. The molecule has 1 heterocycles. The van der Waals surface area contributed by atoms with E-state index in [2.05, 4.69) is 5.32 Å². The van der Waals surface area contributed by atoms with Gasteiger partial charge in [0.1, 0.15) is 5.75 Å². The summed E-state index contributed by atoms with van der Waals surface area (Å²) in [5.41, 5.74) is 3.01. The molecular weight excluding hydrogens is 364 g/mol. The van der Waals surface area contributed by atoms with Crippen LogP contribution < -0.4 is 10.1 Å². The van der Waals surface area contributed by atoms with E-state index in [9.17, 15) is 9.59 Å². The van der Waals surface area contributed by atoms with E-state index >= 15 is 0 Å². The van der Waals surface area contributed by atoms with Gasteiger partial charge in [0.15, 0.2) is 0 Å². The predicted octanol–water partition coefficient (Wildman–Crippen LogP) is 4.38. The largest absolute Gasteiger partial charge is 0.497 e. The van der Waals surface area contributed by atoms with Gasteiger partial charge in [-0.3, -0.25) is 9.59 Å². The van der Waals surface area contributed by atoms with Crippen molar-refractivity contribution >= 4 is 17.5 Å². The minimum Gasteiger partial charge on any atom is -0.497 e. The van der Waals surface area contributed by atoms with E-state index in [1.54, 1.807) is 7.11 Å². The Labute approximate surface area is 173 Å². The molecule has 154 valence electrons. The molecule has 1 aliphatic rings. The number of nitrogens with one attached hydrogen (secondary N) is 1. The zero-order valence-electron chi connectivity index (χ0n) is 17.3. The highest BCUT2D eigenvalue weighted by Crippen LogP contribution is 2.22. The van der Waals surface area contributed by atoms with Crippen LogP contribution in [0.2, 0.25) is 0 Å². The highest BCUT2D eigenvalue weighted by molar-refractivity contribution is 5.91. The molecule has 5 nitrogen and oxygen atoms in total. The molecule has 1 saturated heterocycles. The van der Waals surface area contributed by atoms with Crippen molar-refractivity contribution < 1.29 is 14.3 Å². The van der Waals surface area contributed by atoms with Gasteiger partial charge in [0, 0.05) is 31.6 Å². The molecule has 3 rings (SSSR count). The van der Waals surface area contributed by atoms with Crippen LogP contribution >= 0.6 is 0 Å². The zero-order valence-corrected chi connectivity index (χ0v) is 17.3. The second-order valence-electron chi connectivity index (χ2n) is 7.71. The van der Waals surface area contributed by atoms with Gasteiger partial charge in [0.2, 0.25) is 11.8 Å². The molecule has 2 amide bonds. The van der Waals surface area contributed by atoms with Crippen molar-refractivity contribution in [2.24, 2.45) is 0 Å². The normalized spacial score (nSPS) is 14.5. The molecule has 0 aliphatic carbocycles. The third kappa shape index (κ3) is 6.08. The second kappa shape index (κ2) is 10.1. The van der Waals surface area contributed by atoms with Crippen molar-refractivity contribution in [1.29, 1.82) is 0 Å². The first-order valence-corrected chi connectivity index (χ1v) is 10.4. The molecule has 1 atom stereocenters. The third-order valence-electron chi connectivity index (χ3n) is 5.50. The summed E-state index contributed by atoms with van der Waals surface area (Å²) < 4.78 is 5.17.